The Kier molecular flexibility index (Phi) is 3.64. The van der Waals surface area contributed by atoms with E-state index in [2.05, 4.69) is 10.6 Å². The van der Waals surface area contributed by atoms with Crippen molar-refractivity contribution in [3.8, 4) is 0 Å². The highest BCUT2D eigenvalue weighted by Crippen LogP contribution is 2.25. The topological polar surface area (TPSA) is 50.4 Å². The minimum Gasteiger partial charge on any atom is -0.385 e. The van der Waals surface area contributed by atoms with Crippen molar-refractivity contribution in [3.63, 3.8) is 0 Å². The summed E-state index contributed by atoms with van der Waals surface area (Å²) in [5.74, 6) is -0.115. The summed E-state index contributed by atoms with van der Waals surface area (Å²) >= 11 is 0. The zero-order chi connectivity index (χ0) is 12.3. The summed E-state index contributed by atoms with van der Waals surface area (Å²) in [6.45, 7) is 2.76. The van der Waals surface area contributed by atoms with Crippen LogP contribution in [0.2, 0.25) is 0 Å². The van der Waals surface area contributed by atoms with Gasteiger partial charge in [-0.15, -0.1) is 0 Å². The van der Waals surface area contributed by atoms with Gasteiger partial charge in [0.15, 0.2) is 0 Å². The van der Waals surface area contributed by atoms with Crippen molar-refractivity contribution in [1.82, 2.24) is 0 Å². The van der Waals surface area contributed by atoms with E-state index >= 15 is 0 Å². The summed E-state index contributed by atoms with van der Waals surface area (Å²) < 4.78 is 4.97. The normalized spacial score (nSPS) is 15.6. The molecule has 2 rings (SSSR count). The number of fused-ring (bicyclic) bond motifs is 1. The van der Waals surface area contributed by atoms with Gasteiger partial charge in [0.2, 0.25) is 0 Å². The number of nitrogens with one attached hydrogen (secondary N) is 2. The summed E-state index contributed by atoms with van der Waals surface area (Å²) in [6, 6.07) is 5.96. The van der Waals surface area contributed by atoms with Gasteiger partial charge in [-0.2, -0.15) is 0 Å². The lowest BCUT2D eigenvalue weighted by molar-refractivity contribution is -0.124. The molecule has 1 aliphatic heterocycles. The van der Waals surface area contributed by atoms with E-state index in [0.29, 0.717) is 0 Å². The van der Waals surface area contributed by atoms with E-state index in [0.717, 1.165) is 25.1 Å². The molecule has 92 valence electrons. The van der Waals surface area contributed by atoms with Crippen molar-refractivity contribution in [3.05, 3.63) is 23.8 Å². The molecule has 4 heteroatoms. The molecule has 0 saturated heterocycles. The van der Waals surface area contributed by atoms with Crippen molar-refractivity contribution >= 4 is 17.3 Å². The molecule has 4 nitrogen and oxygen atoms in total. The molecule has 0 radical (unpaired) electrons. The molecule has 1 aromatic rings. The van der Waals surface area contributed by atoms with E-state index in [-0.39, 0.29) is 5.91 Å². The predicted octanol–water partition coefficient (Wildman–Crippen LogP) is 2.02. The van der Waals surface area contributed by atoms with Crippen LogP contribution in [0.25, 0.3) is 0 Å². The quantitative estimate of drug-likeness (QED) is 0.841. The first-order valence-corrected chi connectivity index (χ1v) is 5.91. The first kappa shape index (κ1) is 11.9. The largest absolute Gasteiger partial charge is 0.385 e. The monoisotopic (exact) mass is 234 g/mol. The highest BCUT2D eigenvalue weighted by atomic mass is 16.5. The lowest BCUT2D eigenvalue weighted by Crippen LogP contribution is -2.26. The van der Waals surface area contributed by atoms with Gasteiger partial charge in [-0.05, 0) is 43.5 Å². The van der Waals surface area contributed by atoms with Gasteiger partial charge in [0, 0.05) is 25.0 Å². The number of benzene rings is 1. The molecule has 1 atom stereocenters. The summed E-state index contributed by atoms with van der Waals surface area (Å²) in [5.41, 5.74) is 3.27. The Balaban J connectivity index is 2.09. The van der Waals surface area contributed by atoms with Crippen LogP contribution in [0.1, 0.15) is 18.9 Å². The highest BCUT2D eigenvalue weighted by Gasteiger charge is 2.13. The summed E-state index contributed by atoms with van der Waals surface area (Å²) in [6.07, 6.45) is 1.77. The first-order valence-electron chi connectivity index (χ1n) is 5.91. The first-order chi connectivity index (χ1) is 8.20. The number of aryl methyl sites for hydroxylation is 1. The smallest absolute Gasteiger partial charge is 0.253 e. The molecular weight excluding hydrogens is 216 g/mol. The second-order valence-corrected chi connectivity index (χ2v) is 4.27. The fourth-order valence-electron chi connectivity index (χ4n) is 1.90. The van der Waals surface area contributed by atoms with E-state index in [1.807, 2.05) is 18.2 Å². The number of amides is 1. The number of hydrogen-bond donors (Lipinski definition) is 2. The van der Waals surface area contributed by atoms with Crippen LogP contribution in [0.15, 0.2) is 18.2 Å². The average Bonchev–Trinajstić information content (AvgIpc) is 2.37. The Bertz CT molecular complexity index is 418. The van der Waals surface area contributed by atoms with Crippen LogP contribution in [0.4, 0.5) is 11.4 Å². The van der Waals surface area contributed by atoms with Gasteiger partial charge in [-0.3, -0.25) is 4.79 Å². The van der Waals surface area contributed by atoms with Gasteiger partial charge >= 0.3 is 0 Å². The lowest BCUT2D eigenvalue weighted by atomic mass is 10.0. The maximum atomic E-state index is 11.7. The Morgan fingerprint density at radius 3 is 3.12 bits per heavy atom. The third-order valence-corrected chi connectivity index (χ3v) is 3.03. The van der Waals surface area contributed by atoms with Gasteiger partial charge in [0.1, 0.15) is 6.10 Å². The van der Waals surface area contributed by atoms with E-state index in [9.17, 15) is 4.79 Å². The van der Waals surface area contributed by atoms with Crippen LogP contribution in [-0.2, 0) is 16.0 Å². The fourth-order valence-corrected chi connectivity index (χ4v) is 1.90. The number of hydrogen-bond acceptors (Lipinski definition) is 3. The molecule has 1 aromatic carbocycles. The molecular formula is C13H18N2O2. The molecule has 1 heterocycles. The van der Waals surface area contributed by atoms with E-state index < -0.39 is 6.10 Å². The number of carbonyl (C=O) groups is 1. The summed E-state index contributed by atoms with van der Waals surface area (Å²) in [4.78, 5) is 11.7. The second kappa shape index (κ2) is 5.19. The summed E-state index contributed by atoms with van der Waals surface area (Å²) in [7, 11) is 1.53. The number of ether oxygens (including phenoxy) is 1. The Labute approximate surface area is 101 Å². The molecule has 0 saturated carbocycles. The number of rotatable bonds is 3. The van der Waals surface area contributed by atoms with Gasteiger partial charge < -0.3 is 15.4 Å². The SMILES string of the molecule is COC(C)C(=O)Nc1ccc2c(c1)CCCN2. The molecule has 0 aromatic heterocycles. The maximum Gasteiger partial charge on any atom is 0.253 e. The zero-order valence-corrected chi connectivity index (χ0v) is 10.2. The second-order valence-electron chi connectivity index (χ2n) is 4.27. The number of anilines is 2. The average molecular weight is 234 g/mol. The Morgan fingerprint density at radius 1 is 1.53 bits per heavy atom. The Morgan fingerprint density at radius 2 is 2.35 bits per heavy atom. The minimum absolute atomic E-state index is 0.115. The third kappa shape index (κ3) is 2.77. The van der Waals surface area contributed by atoms with Crippen molar-refractivity contribution in [1.29, 1.82) is 0 Å². The van der Waals surface area contributed by atoms with E-state index in [4.69, 9.17) is 4.74 Å². The zero-order valence-electron chi connectivity index (χ0n) is 10.2. The van der Waals surface area contributed by atoms with Crippen molar-refractivity contribution < 1.29 is 9.53 Å². The maximum absolute atomic E-state index is 11.7. The van der Waals surface area contributed by atoms with E-state index in [1.165, 1.54) is 18.4 Å². The molecule has 0 bridgehead atoms. The van der Waals surface area contributed by atoms with Crippen LogP contribution < -0.4 is 10.6 Å². The molecule has 2 N–H and O–H groups in total. The van der Waals surface area contributed by atoms with E-state index in [1.54, 1.807) is 6.92 Å². The van der Waals surface area contributed by atoms with Crippen LogP contribution >= 0.6 is 0 Å². The molecule has 0 fully saturated rings. The van der Waals surface area contributed by atoms with Crippen LogP contribution in [-0.4, -0.2) is 25.7 Å². The molecule has 17 heavy (non-hydrogen) atoms. The molecule has 0 aliphatic carbocycles. The molecule has 1 unspecified atom stereocenters. The molecule has 1 amide bonds. The molecule has 0 spiro atoms. The van der Waals surface area contributed by atoms with Gasteiger partial charge in [0.25, 0.3) is 5.91 Å². The summed E-state index contributed by atoms with van der Waals surface area (Å²) in [5, 5.41) is 6.19. The van der Waals surface area contributed by atoms with Gasteiger partial charge in [-0.1, -0.05) is 0 Å². The number of carbonyl (C=O) groups excluding carboxylic acids is 1. The van der Waals surface area contributed by atoms with Crippen LogP contribution in [0, 0.1) is 0 Å². The fraction of sp³-hybridized carbons (Fsp3) is 0.462. The van der Waals surface area contributed by atoms with Crippen molar-refractivity contribution in [2.75, 3.05) is 24.3 Å². The lowest BCUT2D eigenvalue weighted by Gasteiger charge is -2.19. The van der Waals surface area contributed by atoms with Crippen molar-refractivity contribution in [2.45, 2.75) is 25.9 Å². The standard InChI is InChI=1S/C13H18N2O2/c1-9(17-2)13(16)15-11-5-6-12-10(8-11)4-3-7-14-12/h5-6,8-9,14H,3-4,7H2,1-2H3,(H,15,16). The van der Waals surface area contributed by atoms with Gasteiger partial charge in [-0.25, -0.2) is 0 Å². The Hall–Kier alpha value is -1.55. The van der Waals surface area contributed by atoms with Crippen molar-refractivity contribution in [2.24, 2.45) is 0 Å². The third-order valence-electron chi connectivity index (χ3n) is 3.03. The predicted molar refractivity (Wildman–Crippen MR) is 68.4 cm³/mol. The minimum atomic E-state index is -0.427. The molecule has 1 aliphatic rings. The van der Waals surface area contributed by atoms with Crippen LogP contribution in [0.5, 0.6) is 0 Å². The number of methoxy groups -OCH3 is 1. The highest BCUT2D eigenvalue weighted by molar-refractivity contribution is 5.94. The van der Waals surface area contributed by atoms with Crippen LogP contribution in [0.3, 0.4) is 0 Å². The van der Waals surface area contributed by atoms with Gasteiger partial charge in [0.05, 0.1) is 0 Å².